The third-order valence-corrected chi connectivity index (χ3v) is 2.35. The third-order valence-electron chi connectivity index (χ3n) is 2.35. The van der Waals surface area contributed by atoms with Crippen molar-refractivity contribution in [1.82, 2.24) is 0 Å². The number of allylic oxidation sites excluding steroid dienone is 4. The van der Waals surface area contributed by atoms with Crippen molar-refractivity contribution in [2.45, 2.75) is 26.2 Å². The van der Waals surface area contributed by atoms with Gasteiger partial charge in [-0.15, -0.1) is 0 Å². The van der Waals surface area contributed by atoms with Gasteiger partial charge in [0.05, 0.1) is 0 Å². The van der Waals surface area contributed by atoms with Crippen molar-refractivity contribution >= 4 is 0 Å². The molecular weight excluding hydrogens is 132 g/mol. The monoisotopic (exact) mass is 148 g/mol. The maximum absolute atomic E-state index is 4.05. The summed E-state index contributed by atoms with van der Waals surface area (Å²) in [6.07, 6.45) is 7.74. The molecule has 0 aliphatic heterocycles. The summed E-state index contributed by atoms with van der Waals surface area (Å²) in [6, 6.07) is 0. The van der Waals surface area contributed by atoms with Crippen molar-refractivity contribution in [3.05, 3.63) is 36.5 Å². The smallest absolute Gasteiger partial charge is 0.0188 e. The van der Waals surface area contributed by atoms with Crippen molar-refractivity contribution in [3.8, 4) is 0 Å². The molecule has 1 aliphatic carbocycles. The Balaban J connectivity index is 2.78. The van der Waals surface area contributed by atoms with Crippen molar-refractivity contribution in [2.24, 2.45) is 5.92 Å². The average Bonchev–Trinajstić information content (AvgIpc) is 1.97. The van der Waals surface area contributed by atoms with Crippen LogP contribution in [0.15, 0.2) is 36.5 Å². The maximum atomic E-state index is 4.05. The molecule has 0 spiro atoms. The molecule has 0 bridgehead atoms. The molecule has 0 heterocycles. The lowest BCUT2D eigenvalue weighted by Gasteiger charge is -2.23. The highest BCUT2D eigenvalue weighted by Crippen LogP contribution is 2.32. The van der Waals surface area contributed by atoms with E-state index in [9.17, 15) is 0 Å². The number of hydrogen-bond donors (Lipinski definition) is 0. The van der Waals surface area contributed by atoms with Gasteiger partial charge in [-0.05, 0) is 30.8 Å². The fourth-order valence-electron chi connectivity index (χ4n) is 1.68. The summed E-state index contributed by atoms with van der Waals surface area (Å²) in [5.74, 6) is 0.689. The summed E-state index contributed by atoms with van der Waals surface area (Å²) in [6.45, 7) is 10.0. The van der Waals surface area contributed by atoms with Crippen LogP contribution in [-0.4, -0.2) is 0 Å². The Morgan fingerprint density at radius 1 is 1.55 bits per heavy atom. The molecule has 1 atom stereocenters. The molecule has 0 nitrogen and oxygen atoms in total. The van der Waals surface area contributed by atoms with E-state index in [1.54, 1.807) is 0 Å². The van der Waals surface area contributed by atoms with Gasteiger partial charge in [0.1, 0.15) is 0 Å². The van der Waals surface area contributed by atoms with Gasteiger partial charge in [0.25, 0.3) is 0 Å². The standard InChI is InChI=1S/C11H16/c1-4-6-11-9(2)7-5-8-10(11)3/h4,6,10H,1-2,5,7-8H2,3H3/b11-6+. The first-order valence-electron chi connectivity index (χ1n) is 4.26. The molecule has 1 rings (SSSR count). The molecule has 0 saturated heterocycles. The predicted octanol–water partition coefficient (Wildman–Crippen LogP) is 3.48. The predicted molar refractivity (Wildman–Crippen MR) is 50.4 cm³/mol. The number of rotatable bonds is 1. The lowest BCUT2D eigenvalue weighted by molar-refractivity contribution is 0.540. The Kier molecular flexibility index (Phi) is 2.70. The van der Waals surface area contributed by atoms with Crippen LogP contribution in [0.4, 0.5) is 0 Å². The highest BCUT2D eigenvalue weighted by molar-refractivity contribution is 5.34. The van der Waals surface area contributed by atoms with E-state index in [0.717, 1.165) is 0 Å². The Morgan fingerprint density at radius 3 is 2.82 bits per heavy atom. The van der Waals surface area contributed by atoms with E-state index in [4.69, 9.17) is 0 Å². The van der Waals surface area contributed by atoms with Gasteiger partial charge in [0.2, 0.25) is 0 Å². The zero-order chi connectivity index (χ0) is 8.27. The van der Waals surface area contributed by atoms with Gasteiger partial charge in [0.15, 0.2) is 0 Å². The molecule has 1 fully saturated rings. The first-order valence-corrected chi connectivity index (χ1v) is 4.26. The summed E-state index contributed by atoms with van der Waals surface area (Å²) in [5, 5.41) is 0. The Morgan fingerprint density at radius 2 is 2.27 bits per heavy atom. The minimum absolute atomic E-state index is 0.689. The molecule has 0 aromatic heterocycles. The summed E-state index contributed by atoms with van der Waals surface area (Å²) in [7, 11) is 0. The van der Waals surface area contributed by atoms with Gasteiger partial charge < -0.3 is 0 Å². The fourth-order valence-corrected chi connectivity index (χ4v) is 1.68. The molecule has 0 aromatic rings. The first-order chi connectivity index (χ1) is 5.25. The topological polar surface area (TPSA) is 0 Å². The summed E-state index contributed by atoms with van der Waals surface area (Å²) < 4.78 is 0. The second-order valence-electron chi connectivity index (χ2n) is 3.25. The van der Waals surface area contributed by atoms with Crippen LogP contribution < -0.4 is 0 Å². The largest absolute Gasteiger partial charge is 0.0991 e. The molecule has 1 aliphatic rings. The normalized spacial score (nSPS) is 29.0. The summed E-state index contributed by atoms with van der Waals surface area (Å²) >= 11 is 0. The fraction of sp³-hybridized carbons (Fsp3) is 0.455. The molecule has 1 unspecified atom stereocenters. The Bertz CT molecular complexity index is 196. The van der Waals surface area contributed by atoms with Crippen LogP contribution in [0.3, 0.4) is 0 Å². The molecule has 11 heavy (non-hydrogen) atoms. The lowest BCUT2D eigenvalue weighted by Crippen LogP contribution is -2.07. The van der Waals surface area contributed by atoms with Crippen molar-refractivity contribution in [1.29, 1.82) is 0 Å². The van der Waals surface area contributed by atoms with E-state index in [0.29, 0.717) is 5.92 Å². The van der Waals surface area contributed by atoms with Crippen LogP contribution >= 0.6 is 0 Å². The van der Waals surface area contributed by atoms with E-state index in [-0.39, 0.29) is 0 Å². The Hall–Kier alpha value is -0.780. The number of hydrogen-bond acceptors (Lipinski definition) is 0. The third kappa shape index (κ3) is 1.83. The molecule has 0 N–H and O–H groups in total. The SMILES string of the molecule is C=C/C=C1\C(=C)CCCC1C. The first kappa shape index (κ1) is 8.32. The Labute approximate surface area is 69.3 Å². The zero-order valence-corrected chi connectivity index (χ0v) is 7.27. The second-order valence-corrected chi connectivity index (χ2v) is 3.25. The minimum atomic E-state index is 0.689. The molecule has 0 radical (unpaired) electrons. The quantitative estimate of drug-likeness (QED) is 0.534. The van der Waals surface area contributed by atoms with Crippen molar-refractivity contribution < 1.29 is 0 Å². The molecule has 0 aromatic carbocycles. The molecular formula is C11H16. The molecule has 1 saturated carbocycles. The van der Waals surface area contributed by atoms with E-state index < -0.39 is 0 Å². The van der Waals surface area contributed by atoms with Gasteiger partial charge in [-0.3, -0.25) is 0 Å². The van der Waals surface area contributed by atoms with E-state index >= 15 is 0 Å². The van der Waals surface area contributed by atoms with Crippen LogP contribution in [0.2, 0.25) is 0 Å². The van der Waals surface area contributed by atoms with E-state index in [1.165, 1.54) is 30.4 Å². The zero-order valence-electron chi connectivity index (χ0n) is 7.27. The molecule has 0 amide bonds. The van der Waals surface area contributed by atoms with E-state index in [2.05, 4.69) is 26.2 Å². The highest BCUT2D eigenvalue weighted by atomic mass is 14.2. The lowest BCUT2D eigenvalue weighted by atomic mass is 9.82. The van der Waals surface area contributed by atoms with Gasteiger partial charge in [-0.25, -0.2) is 0 Å². The molecule has 60 valence electrons. The van der Waals surface area contributed by atoms with Gasteiger partial charge in [-0.2, -0.15) is 0 Å². The second kappa shape index (κ2) is 3.56. The van der Waals surface area contributed by atoms with Crippen LogP contribution in [-0.2, 0) is 0 Å². The van der Waals surface area contributed by atoms with Crippen LogP contribution in [0.25, 0.3) is 0 Å². The molecule has 0 heteroatoms. The minimum Gasteiger partial charge on any atom is -0.0991 e. The van der Waals surface area contributed by atoms with Gasteiger partial charge in [-0.1, -0.05) is 37.8 Å². The van der Waals surface area contributed by atoms with Crippen LogP contribution in [0.5, 0.6) is 0 Å². The van der Waals surface area contributed by atoms with Crippen LogP contribution in [0.1, 0.15) is 26.2 Å². The van der Waals surface area contributed by atoms with Gasteiger partial charge >= 0.3 is 0 Å². The van der Waals surface area contributed by atoms with Crippen molar-refractivity contribution in [3.63, 3.8) is 0 Å². The summed E-state index contributed by atoms with van der Waals surface area (Å²) in [4.78, 5) is 0. The highest BCUT2D eigenvalue weighted by Gasteiger charge is 2.16. The van der Waals surface area contributed by atoms with Gasteiger partial charge in [0, 0.05) is 0 Å². The summed E-state index contributed by atoms with van der Waals surface area (Å²) in [5.41, 5.74) is 2.72. The van der Waals surface area contributed by atoms with Crippen molar-refractivity contribution in [2.75, 3.05) is 0 Å². The maximum Gasteiger partial charge on any atom is -0.0188 e. The average molecular weight is 148 g/mol. The van der Waals surface area contributed by atoms with E-state index in [1.807, 2.05) is 6.08 Å². The van der Waals surface area contributed by atoms with Crippen LogP contribution in [0, 0.1) is 5.92 Å².